The fourth-order valence-corrected chi connectivity index (χ4v) is 5.27. The maximum atomic E-state index is 14.8. The first kappa shape index (κ1) is 25.2. The number of likely N-dealkylation sites (tertiary alicyclic amines) is 1. The molecule has 11 heteroatoms. The summed E-state index contributed by atoms with van der Waals surface area (Å²) in [6.07, 6.45) is 3.43. The zero-order valence-corrected chi connectivity index (χ0v) is 20.5. The van der Waals surface area contributed by atoms with Crippen LogP contribution in [0.4, 0.5) is 23.4 Å². The molecule has 0 aliphatic carbocycles. The first-order chi connectivity index (χ1) is 17.6. The van der Waals surface area contributed by atoms with Gasteiger partial charge in [-0.1, -0.05) is 0 Å². The third-order valence-electron chi connectivity index (χ3n) is 7.36. The summed E-state index contributed by atoms with van der Waals surface area (Å²) in [5, 5.41) is 7.21. The van der Waals surface area contributed by atoms with Crippen molar-refractivity contribution in [2.45, 2.75) is 50.1 Å². The van der Waals surface area contributed by atoms with E-state index < -0.39 is 29.5 Å². The monoisotopic (exact) mass is 518 g/mol. The lowest BCUT2D eigenvalue weighted by atomic mass is 9.87. The summed E-state index contributed by atoms with van der Waals surface area (Å²) in [4.78, 5) is 19.9. The van der Waals surface area contributed by atoms with Gasteiger partial charge in [0.05, 0.1) is 12.0 Å². The SMILES string of the molecule is CO[n+]1ccc(C2CN(C(C)C(=O)Nc3cc4n(n3)CCC4c3cc(F)cc(F)c3)CCC2(F)F)cc1. The number of benzene rings is 1. The molecule has 196 valence electrons. The van der Waals surface area contributed by atoms with Gasteiger partial charge in [0.1, 0.15) is 18.7 Å². The van der Waals surface area contributed by atoms with E-state index in [2.05, 4.69) is 10.4 Å². The molecule has 0 saturated carbocycles. The number of carbonyl (C=O) groups is 1. The van der Waals surface area contributed by atoms with E-state index in [4.69, 9.17) is 4.84 Å². The molecule has 1 fully saturated rings. The van der Waals surface area contributed by atoms with Crippen LogP contribution < -0.4 is 14.9 Å². The van der Waals surface area contributed by atoms with Crippen LogP contribution in [-0.4, -0.2) is 52.8 Å². The number of fused-ring (bicyclic) bond motifs is 1. The standard InChI is InChI=1S/C26H27F4N5O2/c1-16(33-10-6-26(29,30)22(15-33)17-3-7-34(37-2)8-4-17)25(36)31-24-14-23-21(5-9-35(23)32-24)18-11-19(27)13-20(28)12-18/h3-4,7-8,11-14,16,21-22H,5-6,9-10,15H2,1-2H3/p+1. The van der Waals surface area contributed by atoms with E-state index in [1.54, 1.807) is 47.1 Å². The van der Waals surface area contributed by atoms with Crippen LogP contribution in [0.3, 0.4) is 0 Å². The topological polar surface area (TPSA) is 63.3 Å². The van der Waals surface area contributed by atoms with Crippen LogP contribution >= 0.6 is 0 Å². The molecule has 1 aromatic carbocycles. The highest BCUT2D eigenvalue weighted by Crippen LogP contribution is 2.41. The third-order valence-corrected chi connectivity index (χ3v) is 7.36. The fourth-order valence-electron chi connectivity index (χ4n) is 5.27. The van der Waals surface area contributed by atoms with Crippen molar-refractivity contribution >= 4 is 11.7 Å². The Hall–Kier alpha value is -3.47. The Morgan fingerprint density at radius 1 is 1.14 bits per heavy atom. The zero-order valence-electron chi connectivity index (χ0n) is 20.5. The summed E-state index contributed by atoms with van der Waals surface area (Å²) in [5.41, 5.74) is 1.74. The summed E-state index contributed by atoms with van der Waals surface area (Å²) < 4.78 is 60.2. The third kappa shape index (κ3) is 5.04. The molecular weight excluding hydrogens is 490 g/mol. The molecular formula is C26H28F4N5O2+. The van der Waals surface area contributed by atoms with Gasteiger partial charge in [0.25, 0.3) is 5.92 Å². The number of alkyl halides is 2. The summed E-state index contributed by atoms with van der Waals surface area (Å²) in [6, 6.07) is 7.68. The number of rotatable bonds is 6. The minimum absolute atomic E-state index is 0.0193. The zero-order chi connectivity index (χ0) is 26.3. The molecule has 4 heterocycles. The van der Waals surface area contributed by atoms with E-state index in [9.17, 15) is 22.4 Å². The minimum Gasteiger partial charge on any atom is -0.308 e. The molecule has 37 heavy (non-hydrogen) atoms. The number of nitrogens with one attached hydrogen (secondary N) is 1. The highest BCUT2D eigenvalue weighted by Gasteiger charge is 2.46. The highest BCUT2D eigenvalue weighted by atomic mass is 19.3. The van der Waals surface area contributed by atoms with Crippen LogP contribution in [0.15, 0.2) is 48.8 Å². The molecule has 0 bridgehead atoms. The Morgan fingerprint density at radius 3 is 2.51 bits per heavy atom. The molecule has 7 nitrogen and oxygen atoms in total. The summed E-state index contributed by atoms with van der Waals surface area (Å²) in [6.45, 7) is 2.33. The maximum absolute atomic E-state index is 14.8. The van der Waals surface area contributed by atoms with Gasteiger partial charge in [0, 0.05) is 66.7 Å². The van der Waals surface area contributed by atoms with Crippen molar-refractivity contribution in [2.24, 2.45) is 0 Å². The lowest BCUT2D eigenvalue weighted by Gasteiger charge is -2.40. The Labute approximate surface area is 211 Å². The number of aryl methyl sites for hydroxylation is 1. The van der Waals surface area contributed by atoms with Crippen LogP contribution in [0, 0.1) is 11.6 Å². The predicted molar refractivity (Wildman–Crippen MR) is 126 cm³/mol. The quantitative estimate of drug-likeness (QED) is 0.401. The van der Waals surface area contributed by atoms with Gasteiger partial charge in [-0.3, -0.25) is 19.2 Å². The van der Waals surface area contributed by atoms with Crippen molar-refractivity contribution in [2.75, 3.05) is 25.5 Å². The highest BCUT2D eigenvalue weighted by molar-refractivity contribution is 5.93. The molecule has 0 radical (unpaired) electrons. The van der Waals surface area contributed by atoms with Gasteiger partial charge in [-0.15, -0.1) is 0 Å². The number of piperidine rings is 1. The van der Waals surface area contributed by atoms with E-state index in [0.29, 0.717) is 29.9 Å². The number of carbonyl (C=O) groups excluding carboxylic acids is 1. The Bertz CT molecular complexity index is 1280. The number of nitrogens with zero attached hydrogens (tertiary/aromatic N) is 4. The molecule has 2 aliphatic rings. The van der Waals surface area contributed by atoms with Crippen molar-refractivity contribution in [3.63, 3.8) is 0 Å². The van der Waals surface area contributed by atoms with Gasteiger partial charge in [0.2, 0.25) is 18.3 Å². The van der Waals surface area contributed by atoms with E-state index in [1.165, 1.54) is 24.0 Å². The molecule has 3 atom stereocenters. The van der Waals surface area contributed by atoms with Crippen molar-refractivity contribution in [1.82, 2.24) is 14.7 Å². The lowest BCUT2D eigenvalue weighted by Crippen LogP contribution is -2.52. The molecule has 5 rings (SSSR count). The molecule has 3 aromatic rings. The number of hydrogen-bond donors (Lipinski definition) is 1. The van der Waals surface area contributed by atoms with Gasteiger partial charge in [-0.25, -0.2) is 17.6 Å². The first-order valence-electron chi connectivity index (χ1n) is 12.2. The Morgan fingerprint density at radius 2 is 1.84 bits per heavy atom. The Kier molecular flexibility index (Phi) is 6.65. The van der Waals surface area contributed by atoms with Gasteiger partial charge in [-0.2, -0.15) is 5.10 Å². The summed E-state index contributed by atoms with van der Waals surface area (Å²) in [5.74, 6) is -5.54. The van der Waals surface area contributed by atoms with Crippen LogP contribution in [-0.2, 0) is 11.3 Å². The van der Waals surface area contributed by atoms with Crippen LogP contribution in [0.1, 0.15) is 48.4 Å². The minimum atomic E-state index is -2.90. The average Bonchev–Trinajstić information content (AvgIpc) is 3.43. The van der Waals surface area contributed by atoms with Gasteiger partial charge in [0.15, 0.2) is 5.82 Å². The molecule has 2 aliphatic heterocycles. The average molecular weight is 519 g/mol. The van der Waals surface area contributed by atoms with E-state index >= 15 is 0 Å². The van der Waals surface area contributed by atoms with Crippen LogP contribution in [0.5, 0.6) is 0 Å². The number of aromatic nitrogens is 3. The molecule has 2 aromatic heterocycles. The number of halogens is 4. The van der Waals surface area contributed by atoms with Crippen molar-refractivity contribution in [3.8, 4) is 0 Å². The number of hydrogen-bond acceptors (Lipinski definition) is 4. The van der Waals surface area contributed by atoms with Crippen LogP contribution in [0.25, 0.3) is 0 Å². The largest absolute Gasteiger partial charge is 0.308 e. The van der Waals surface area contributed by atoms with E-state index in [1.807, 2.05) is 0 Å². The van der Waals surface area contributed by atoms with Crippen LogP contribution in [0.2, 0.25) is 0 Å². The second kappa shape index (κ2) is 9.77. The number of pyridine rings is 1. The fraction of sp³-hybridized carbons (Fsp3) is 0.423. The Balaban J connectivity index is 1.28. The molecule has 1 saturated heterocycles. The molecule has 1 amide bonds. The van der Waals surface area contributed by atoms with Crippen molar-refractivity contribution in [3.05, 3.63) is 77.2 Å². The number of anilines is 1. The van der Waals surface area contributed by atoms with E-state index in [-0.39, 0.29) is 31.3 Å². The molecule has 3 unspecified atom stereocenters. The van der Waals surface area contributed by atoms with E-state index in [0.717, 1.165) is 11.8 Å². The smallest absolute Gasteiger partial charge is 0.257 e. The van der Waals surface area contributed by atoms with Crippen molar-refractivity contribution in [1.29, 1.82) is 0 Å². The maximum Gasteiger partial charge on any atom is 0.257 e. The molecule has 1 N–H and O–H groups in total. The van der Waals surface area contributed by atoms with Gasteiger partial charge >= 0.3 is 0 Å². The lowest BCUT2D eigenvalue weighted by molar-refractivity contribution is -0.885. The first-order valence-corrected chi connectivity index (χ1v) is 12.2. The second-order valence-electron chi connectivity index (χ2n) is 9.62. The predicted octanol–water partition coefficient (Wildman–Crippen LogP) is 3.49. The summed E-state index contributed by atoms with van der Waals surface area (Å²) >= 11 is 0. The second-order valence-corrected chi connectivity index (χ2v) is 9.62. The molecule has 0 spiro atoms. The van der Waals surface area contributed by atoms with Gasteiger partial charge in [-0.05, 0) is 36.6 Å². The normalized spacial score (nSPS) is 21.9. The summed E-state index contributed by atoms with van der Waals surface area (Å²) in [7, 11) is 1.48. The van der Waals surface area contributed by atoms with Crippen molar-refractivity contribution < 1.29 is 31.9 Å². The van der Waals surface area contributed by atoms with Gasteiger partial charge < -0.3 is 5.32 Å². The number of amides is 1.